The van der Waals surface area contributed by atoms with E-state index in [2.05, 4.69) is 4.98 Å². The van der Waals surface area contributed by atoms with Gasteiger partial charge in [0.1, 0.15) is 5.82 Å². The number of methoxy groups -OCH3 is 1. The summed E-state index contributed by atoms with van der Waals surface area (Å²) in [5.74, 6) is -0.291. The van der Waals surface area contributed by atoms with Gasteiger partial charge in [-0.1, -0.05) is 31.5 Å². The minimum Gasteiger partial charge on any atom is -0.383 e. The molecular weight excluding hydrogens is 348 g/mol. The average Bonchev–Trinajstić information content (AvgIpc) is 2.60. The highest BCUT2D eigenvalue weighted by Gasteiger charge is 2.25. The first-order chi connectivity index (χ1) is 12.8. The highest BCUT2D eigenvalue weighted by molar-refractivity contribution is 6.07. The molecule has 1 aromatic heterocycles. The van der Waals surface area contributed by atoms with E-state index in [9.17, 15) is 14.4 Å². The van der Waals surface area contributed by atoms with Crippen LogP contribution in [0.25, 0.3) is 0 Å². The number of benzene rings is 1. The van der Waals surface area contributed by atoms with Crippen LogP contribution in [-0.2, 0) is 11.3 Å². The van der Waals surface area contributed by atoms with E-state index >= 15 is 0 Å². The van der Waals surface area contributed by atoms with Gasteiger partial charge >= 0.3 is 5.69 Å². The van der Waals surface area contributed by atoms with Gasteiger partial charge in [-0.3, -0.25) is 24.0 Å². The minimum absolute atomic E-state index is 0.0328. The van der Waals surface area contributed by atoms with E-state index < -0.39 is 11.2 Å². The van der Waals surface area contributed by atoms with Crippen molar-refractivity contribution in [1.29, 1.82) is 0 Å². The maximum atomic E-state index is 13.1. The number of aromatic nitrogens is 2. The van der Waals surface area contributed by atoms with Gasteiger partial charge in [0, 0.05) is 25.8 Å². The normalized spacial score (nSPS) is 11.0. The number of anilines is 2. The molecule has 0 atom stereocenters. The lowest BCUT2D eigenvalue weighted by Crippen LogP contribution is -2.42. The number of aromatic amines is 1. The zero-order valence-corrected chi connectivity index (χ0v) is 16.1. The molecule has 0 aliphatic heterocycles. The molecule has 8 nitrogen and oxygen atoms in total. The number of ether oxygens (including phenoxy) is 1. The van der Waals surface area contributed by atoms with Crippen LogP contribution in [0.2, 0.25) is 0 Å². The summed E-state index contributed by atoms with van der Waals surface area (Å²) >= 11 is 0. The summed E-state index contributed by atoms with van der Waals surface area (Å²) in [5, 5.41) is 0. The SMILES string of the molecule is COCCN(C(=O)c1cccc(C)c1)c1c(N)n(CC(C)C)c(=O)[nH]c1=O. The van der Waals surface area contributed by atoms with Gasteiger partial charge in [0.05, 0.1) is 6.61 Å². The Morgan fingerprint density at radius 2 is 2.04 bits per heavy atom. The van der Waals surface area contributed by atoms with E-state index in [1.807, 2.05) is 26.8 Å². The van der Waals surface area contributed by atoms with Crippen molar-refractivity contribution >= 4 is 17.4 Å². The first-order valence-corrected chi connectivity index (χ1v) is 8.76. The van der Waals surface area contributed by atoms with Gasteiger partial charge in [0.25, 0.3) is 11.5 Å². The van der Waals surface area contributed by atoms with Crippen LogP contribution >= 0.6 is 0 Å². The second-order valence-electron chi connectivity index (χ2n) is 6.82. The Labute approximate surface area is 157 Å². The molecule has 0 saturated carbocycles. The number of hydrogen-bond donors (Lipinski definition) is 2. The summed E-state index contributed by atoms with van der Waals surface area (Å²) in [5.41, 5.74) is 6.16. The van der Waals surface area contributed by atoms with Gasteiger partial charge in [-0.15, -0.1) is 0 Å². The molecule has 0 radical (unpaired) electrons. The summed E-state index contributed by atoms with van der Waals surface area (Å²) in [6.45, 7) is 6.39. The van der Waals surface area contributed by atoms with E-state index in [1.54, 1.807) is 18.2 Å². The number of carbonyl (C=O) groups excluding carboxylic acids is 1. The van der Waals surface area contributed by atoms with E-state index in [4.69, 9.17) is 10.5 Å². The Bertz CT molecular complexity index is 930. The molecule has 1 aromatic carbocycles. The first kappa shape index (κ1) is 20.4. The highest BCUT2D eigenvalue weighted by atomic mass is 16.5. The maximum absolute atomic E-state index is 13.1. The van der Waals surface area contributed by atoms with Crippen molar-refractivity contribution < 1.29 is 9.53 Å². The number of rotatable bonds is 7. The smallest absolute Gasteiger partial charge is 0.330 e. The second-order valence-corrected chi connectivity index (χ2v) is 6.82. The lowest BCUT2D eigenvalue weighted by atomic mass is 10.1. The summed E-state index contributed by atoms with van der Waals surface area (Å²) in [6, 6.07) is 7.05. The van der Waals surface area contributed by atoms with Crippen molar-refractivity contribution in [3.05, 3.63) is 56.2 Å². The zero-order valence-electron chi connectivity index (χ0n) is 16.1. The van der Waals surface area contributed by atoms with Crippen LogP contribution < -0.4 is 21.9 Å². The van der Waals surface area contributed by atoms with Crippen LogP contribution in [0.5, 0.6) is 0 Å². The molecular formula is C19H26N4O4. The van der Waals surface area contributed by atoms with Crippen LogP contribution in [0.15, 0.2) is 33.9 Å². The second kappa shape index (κ2) is 8.68. The molecule has 2 aromatic rings. The molecule has 1 amide bonds. The Morgan fingerprint density at radius 3 is 2.63 bits per heavy atom. The molecule has 2 rings (SSSR count). The quantitative estimate of drug-likeness (QED) is 0.761. The number of carbonyl (C=O) groups is 1. The van der Waals surface area contributed by atoms with Crippen LogP contribution in [0.4, 0.5) is 11.5 Å². The molecule has 0 aliphatic rings. The first-order valence-electron chi connectivity index (χ1n) is 8.76. The Hall–Kier alpha value is -2.87. The monoisotopic (exact) mass is 374 g/mol. The van der Waals surface area contributed by atoms with Crippen molar-refractivity contribution in [2.75, 3.05) is 30.9 Å². The number of nitrogens with two attached hydrogens (primary N) is 1. The third-order valence-corrected chi connectivity index (χ3v) is 4.06. The van der Waals surface area contributed by atoms with Crippen molar-refractivity contribution in [3.63, 3.8) is 0 Å². The van der Waals surface area contributed by atoms with Crippen molar-refractivity contribution in [3.8, 4) is 0 Å². The molecule has 0 fully saturated rings. The lowest BCUT2D eigenvalue weighted by molar-refractivity contribution is 0.0975. The van der Waals surface area contributed by atoms with Gasteiger partial charge in [-0.25, -0.2) is 4.79 Å². The topological polar surface area (TPSA) is 110 Å². The maximum Gasteiger partial charge on any atom is 0.330 e. The number of nitrogen functional groups attached to an aromatic ring is 1. The molecule has 3 N–H and O–H groups in total. The average molecular weight is 374 g/mol. The molecule has 0 unspecified atom stereocenters. The highest BCUT2D eigenvalue weighted by Crippen LogP contribution is 2.20. The predicted molar refractivity (Wildman–Crippen MR) is 105 cm³/mol. The number of hydrogen-bond acceptors (Lipinski definition) is 5. The summed E-state index contributed by atoms with van der Waals surface area (Å²) < 4.78 is 6.37. The lowest BCUT2D eigenvalue weighted by Gasteiger charge is -2.25. The van der Waals surface area contributed by atoms with Gasteiger partial charge in [0.2, 0.25) is 0 Å². The Kier molecular flexibility index (Phi) is 6.57. The molecule has 0 bridgehead atoms. The molecule has 1 heterocycles. The number of aryl methyl sites for hydroxylation is 1. The minimum atomic E-state index is -0.699. The van der Waals surface area contributed by atoms with Gasteiger partial charge in [-0.05, 0) is 25.0 Å². The number of H-pyrrole nitrogens is 1. The fourth-order valence-corrected chi connectivity index (χ4v) is 2.82. The largest absolute Gasteiger partial charge is 0.383 e. The summed E-state index contributed by atoms with van der Waals surface area (Å²) in [4.78, 5) is 41.3. The van der Waals surface area contributed by atoms with Crippen LogP contribution in [-0.4, -0.2) is 35.7 Å². The third-order valence-electron chi connectivity index (χ3n) is 4.06. The zero-order chi connectivity index (χ0) is 20.1. The van der Waals surface area contributed by atoms with Gasteiger partial charge in [-0.2, -0.15) is 0 Å². The van der Waals surface area contributed by atoms with Crippen LogP contribution in [0, 0.1) is 12.8 Å². The van der Waals surface area contributed by atoms with E-state index in [1.165, 1.54) is 16.6 Å². The van der Waals surface area contributed by atoms with Crippen molar-refractivity contribution in [2.45, 2.75) is 27.3 Å². The Balaban J connectivity index is 2.61. The number of nitrogens with zero attached hydrogens (tertiary/aromatic N) is 2. The van der Waals surface area contributed by atoms with E-state index in [0.29, 0.717) is 12.1 Å². The molecule has 146 valence electrons. The third kappa shape index (κ3) is 4.65. The molecule has 27 heavy (non-hydrogen) atoms. The summed E-state index contributed by atoms with van der Waals surface area (Å²) in [6.07, 6.45) is 0. The molecule has 0 aliphatic carbocycles. The van der Waals surface area contributed by atoms with Crippen LogP contribution in [0.1, 0.15) is 29.8 Å². The summed E-state index contributed by atoms with van der Waals surface area (Å²) in [7, 11) is 1.50. The fraction of sp³-hybridized carbons (Fsp3) is 0.421. The number of amides is 1. The van der Waals surface area contributed by atoms with E-state index in [-0.39, 0.29) is 36.5 Å². The van der Waals surface area contributed by atoms with E-state index in [0.717, 1.165) is 5.56 Å². The Morgan fingerprint density at radius 1 is 1.33 bits per heavy atom. The standard InChI is InChI=1S/C19H26N4O4/c1-12(2)11-23-16(20)15(17(24)21-19(23)26)22(8-9-27-4)18(25)14-7-5-6-13(3)10-14/h5-7,10,12H,8-9,11,20H2,1-4H3,(H,21,24,26). The molecule has 8 heteroatoms. The van der Waals surface area contributed by atoms with Crippen molar-refractivity contribution in [1.82, 2.24) is 9.55 Å². The molecule has 0 spiro atoms. The predicted octanol–water partition coefficient (Wildman–Crippen LogP) is 1.38. The number of nitrogens with one attached hydrogen (secondary N) is 1. The molecule has 0 saturated heterocycles. The van der Waals surface area contributed by atoms with Gasteiger partial charge < -0.3 is 10.5 Å². The fourth-order valence-electron chi connectivity index (χ4n) is 2.82. The van der Waals surface area contributed by atoms with Gasteiger partial charge in [0.15, 0.2) is 5.69 Å². The van der Waals surface area contributed by atoms with Crippen molar-refractivity contribution in [2.24, 2.45) is 5.92 Å². The van der Waals surface area contributed by atoms with Crippen LogP contribution in [0.3, 0.4) is 0 Å².